The van der Waals surface area contributed by atoms with Crippen LogP contribution in [0, 0.1) is 23.7 Å². The molecule has 0 aliphatic carbocycles. The second kappa shape index (κ2) is 24.5. The Labute approximate surface area is 371 Å². The zero-order valence-electron chi connectivity index (χ0n) is 39.3. The van der Waals surface area contributed by atoms with Crippen LogP contribution in [0.15, 0.2) is 24.3 Å². The summed E-state index contributed by atoms with van der Waals surface area (Å²) in [6.07, 6.45) is 8.95. The first-order valence-corrected chi connectivity index (χ1v) is 22.3. The smallest absolute Gasteiger partial charge is 0.227 e. The molecule has 0 spiro atoms. The Morgan fingerprint density at radius 2 is 0.887 bits per heavy atom. The first-order chi connectivity index (χ1) is 29.9. The van der Waals surface area contributed by atoms with Gasteiger partial charge >= 0.3 is 0 Å². The maximum Gasteiger partial charge on any atom is 0.227 e. The third kappa shape index (κ3) is 14.5. The molecule has 0 amide bonds. The molecule has 2 aliphatic heterocycles. The number of anilines is 4. The van der Waals surface area contributed by atoms with Crippen molar-refractivity contribution < 1.29 is 9.47 Å². The maximum atomic E-state index is 5.66. The SMILES string of the molecule is COc1cc2c(NCCN(C)C)nc(N3CCCCC3)nc2cc1C#CCCN(C)C.COc1cc2c(NCCN(C)C)nc(N3CCCCC3)nc2cc1C#CCCN(C)C. The molecule has 14 heteroatoms. The summed E-state index contributed by atoms with van der Waals surface area (Å²) in [5.74, 6) is 17.9. The van der Waals surface area contributed by atoms with Gasteiger partial charge in [-0.05, 0) is 119 Å². The molecular weight excluding hydrogens is 777 g/mol. The molecule has 336 valence electrons. The predicted octanol–water partition coefficient (Wildman–Crippen LogP) is 5.81. The normalized spacial score (nSPS) is 14.1. The number of rotatable bonds is 16. The standard InChI is InChI=1S/2C24H36N6O/c2*1-28(2)13-10-7-11-19-17-21-20(18-22(19)31-5)23(25-12-16-29(3)4)27-24(26-21)30-14-8-6-9-15-30/h2*17-18H,6,8-10,12-16H2,1-5H3,(H,25,26,27). The lowest BCUT2D eigenvalue weighted by Crippen LogP contribution is -2.31. The van der Waals surface area contributed by atoms with E-state index < -0.39 is 0 Å². The molecule has 0 saturated carbocycles. The van der Waals surface area contributed by atoms with Crippen molar-refractivity contribution in [1.29, 1.82) is 0 Å². The van der Waals surface area contributed by atoms with E-state index in [2.05, 4.69) is 120 Å². The number of ether oxygens (including phenoxy) is 2. The topological polar surface area (TPSA) is 114 Å². The van der Waals surface area contributed by atoms with Gasteiger partial charge < -0.3 is 49.5 Å². The second-order valence-electron chi connectivity index (χ2n) is 17.1. The molecule has 2 aromatic heterocycles. The van der Waals surface area contributed by atoms with Gasteiger partial charge in [-0.1, -0.05) is 23.7 Å². The average Bonchev–Trinajstić information content (AvgIpc) is 3.26. The van der Waals surface area contributed by atoms with Crippen molar-refractivity contribution >= 4 is 45.3 Å². The van der Waals surface area contributed by atoms with Gasteiger partial charge in [-0.3, -0.25) is 0 Å². The van der Waals surface area contributed by atoms with Gasteiger partial charge in [0.05, 0.1) is 36.4 Å². The van der Waals surface area contributed by atoms with Crippen LogP contribution in [0.1, 0.15) is 62.5 Å². The molecule has 6 rings (SSSR count). The van der Waals surface area contributed by atoms with Gasteiger partial charge in [-0.2, -0.15) is 9.97 Å². The molecule has 2 aliphatic rings. The molecule has 14 nitrogen and oxygen atoms in total. The highest BCUT2D eigenvalue weighted by Crippen LogP contribution is 2.33. The van der Waals surface area contributed by atoms with E-state index >= 15 is 0 Å². The largest absolute Gasteiger partial charge is 0.495 e. The molecule has 62 heavy (non-hydrogen) atoms. The van der Waals surface area contributed by atoms with Crippen LogP contribution in [0.5, 0.6) is 11.5 Å². The molecule has 2 saturated heterocycles. The van der Waals surface area contributed by atoms with Gasteiger partial charge in [0.1, 0.15) is 23.1 Å². The van der Waals surface area contributed by atoms with Crippen molar-refractivity contribution in [2.75, 3.05) is 156 Å². The minimum atomic E-state index is 0.759. The van der Waals surface area contributed by atoms with E-state index in [1.165, 1.54) is 38.5 Å². The van der Waals surface area contributed by atoms with Crippen LogP contribution in [0.25, 0.3) is 21.8 Å². The summed E-state index contributed by atoms with van der Waals surface area (Å²) >= 11 is 0. The highest BCUT2D eigenvalue weighted by molar-refractivity contribution is 5.93. The van der Waals surface area contributed by atoms with Crippen molar-refractivity contribution in [3.63, 3.8) is 0 Å². The molecule has 2 fully saturated rings. The molecular formula is C48H72N12O2. The lowest BCUT2D eigenvalue weighted by Gasteiger charge is -2.27. The summed E-state index contributed by atoms with van der Waals surface area (Å²) < 4.78 is 11.3. The Kier molecular flexibility index (Phi) is 18.9. The van der Waals surface area contributed by atoms with E-state index in [0.29, 0.717) is 0 Å². The van der Waals surface area contributed by atoms with E-state index in [0.717, 1.165) is 146 Å². The number of methoxy groups -OCH3 is 2. The highest BCUT2D eigenvalue weighted by Gasteiger charge is 2.20. The van der Waals surface area contributed by atoms with E-state index in [1.807, 2.05) is 24.3 Å². The molecule has 2 N–H and O–H groups in total. The summed E-state index contributed by atoms with van der Waals surface area (Å²) in [5, 5.41) is 8.97. The highest BCUT2D eigenvalue weighted by atomic mass is 16.5. The Morgan fingerprint density at radius 3 is 1.23 bits per heavy atom. The molecule has 0 unspecified atom stereocenters. The van der Waals surface area contributed by atoms with Gasteiger partial charge in [0.2, 0.25) is 11.9 Å². The van der Waals surface area contributed by atoms with Crippen molar-refractivity contribution in [2.24, 2.45) is 0 Å². The summed E-state index contributed by atoms with van der Waals surface area (Å²) in [6, 6.07) is 8.12. The van der Waals surface area contributed by atoms with Crippen molar-refractivity contribution in [3.05, 3.63) is 35.4 Å². The fourth-order valence-electron chi connectivity index (χ4n) is 7.23. The second-order valence-corrected chi connectivity index (χ2v) is 17.1. The van der Waals surface area contributed by atoms with E-state index in [-0.39, 0.29) is 0 Å². The fraction of sp³-hybridized carbons (Fsp3) is 0.583. The van der Waals surface area contributed by atoms with Gasteiger partial charge in [0.15, 0.2) is 0 Å². The molecule has 2 aromatic carbocycles. The zero-order chi connectivity index (χ0) is 44.4. The number of benzene rings is 2. The number of nitrogens with zero attached hydrogens (tertiary/aromatic N) is 10. The van der Waals surface area contributed by atoms with E-state index in [1.54, 1.807) is 14.2 Å². The third-order valence-corrected chi connectivity index (χ3v) is 10.8. The quantitative estimate of drug-likeness (QED) is 0.132. The lowest BCUT2D eigenvalue weighted by molar-refractivity contribution is 0.414. The van der Waals surface area contributed by atoms with Crippen LogP contribution in [-0.2, 0) is 0 Å². The number of piperidine rings is 2. The molecule has 0 bridgehead atoms. The Balaban J connectivity index is 0.000000234. The Hall–Kier alpha value is -5.12. The van der Waals surface area contributed by atoms with Crippen molar-refractivity contribution in [1.82, 2.24) is 39.5 Å². The van der Waals surface area contributed by atoms with Crippen molar-refractivity contribution in [3.8, 4) is 35.2 Å². The Morgan fingerprint density at radius 1 is 0.516 bits per heavy atom. The number of hydrogen-bond acceptors (Lipinski definition) is 14. The number of hydrogen-bond donors (Lipinski definition) is 2. The number of aromatic nitrogens is 4. The fourth-order valence-corrected chi connectivity index (χ4v) is 7.23. The van der Waals surface area contributed by atoms with Gasteiger partial charge in [-0.25, -0.2) is 9.97 Å². The third-order valence-electron chi connectivity index (χ3n) is 10.8. The number of likely N-dealkylation sites (N-methyl/N-ethyl adjacent to an activating group) is 2. The predicted molar refractivity (Wildman–Crippen MR) is 258 cm³/mol. The molecule has 4 aromatic rings. The summed E-state index contributed by atoms with van der Waals surface area (Å²) in [5.41, 5.74) is 3.55. The lowest BCUT2D eigenvalue weighted by atomic mass is 10.1. The summed E-state index contributed by atoms with van der Waals surface area (Å²) in [4.78, 5) is 32.9. The summed E-state index contributed by atoms with van der Waals surface area (Å²) in [7, 11) is 19.9. The number of nitrogens with one attached hydrogen (secondary N) is 2. The molecule has 4 heterocycles. The van der Waals surface area contributed by atoms with Crippen LogP contribution in [0.2, 0.25) is 0 Å². The van der Waals surface area contributed by atoms with Gasteiger partial charge in [0.25, 0.3) is 0 Å². The maximum absolute atomic E-state index is 5.66. The average molecular weight is 849 g/mol. The van der Waals surface area contributed by atoms with Crippen LogP contribution in [0.4, 0.5) is 23.5 Å². The number of fused-ring (bicyclic) bond motifs is 2. The van der Waals surface area contributed by atoms with Gasteiger partial charge in [-0.15, -0.1) is 0 Å². The van der Waals surface area contributed by atoms with Crippen molar-refractivity contribution in [2.45, 2.75) is 51.4 Å². The molecule has 0 atom stereocenters. The monoisotopic (exact) mass is 849 g/mol. The van der Waals surface area contributed by atoms with E-state index in [4.69, 9.17) is 29.4 Å². The minimum absolute atomic E-state index is 0.759. The summed E-state index contributed by atoms with van der Waals surface area (Å²) in [6.45, 7) is 9.39. The minimum Gasteiger partial charge on any atom is -0.495 e. The zero-order valence-corrected chi connectivity index (χ0v) is 39.3. The molecule has 0 radical (unpaired) electrons. The Bertz CT molecular complexity index is 2000. The van der Waals surface area contributed by atoms with Crippen LogP contribution >= 0.6 is 0 Å². The van der Waals surface area contributed by atoms with Crippen LogP contribution in [-0.4, -0.2) is 176 Å². The van der Waals surface area contributed by atoms with Crippen LogP contribution < -0.4 is 29.9 Å². The first kappa shape index (κ1) is 47.9. The van der Waals surface area contributed by atoms with Crippen LogP contribution in [0.3, 0.4) is 0 Å². The van der Waals surface area contributed by atoms with E-state index in [9.17, 15) is 0 Å². The first-order valence-electron chi connectivity index (χ1n) is 22.3. The van der Waals surface area contributed by atoms with Gasteiger partial charge in [0, 0.05) is 89.1 Å².